The minimum absolute atomic E-state index is 0.467. The Morgan fingerprint density at radius 2 is 2.21 bits per heavy atom. The van der Waals surface area contributed by atoms with Crippen molar-refractivity contribution in [2.75, 3.05) is 7.11 Å². The molecule has 0 bridgehead atoms. The minimum atomic E-state index is -5.00. The highest BCUT2D eigenvalue weighted by atomic mass is 19.4. The molecule has 0 aliphatic heterocycles. The molecular weight excluding hydrogens is 271 g/mol. The molecular formula is C9H6F3N3O4. The summed E-state index contributed by atoms with van der Waals surface area (Å²) in [5.74, 6) is -1.40. The van der Waals surface area contributed by atoms with E-state index in [1.54, 1.807) is 6.07 Å². The van der Waals surface area contributed by atoms with Gasteiger partial charge in [0.2, 0.25) is 11.6 Å². The third-order valence-electron chi connectivity index (χ3n) is 1.88. The van der Waals surface area contributed by atoms with Gasteiger partial charge in [0.25, 0.3) is 0 Å². The van der Waals surface area contributed by atoms with Crippen LogP contribution in [0.5, 0.6) is 11.6 Å². The smallest absolute Gasteiger partial charge is 0.490 e. The van der Waals surface area contributed by atoms with Crippen LogP contribution < -0.4 is 9.47 Å². The van der Waals surface area contributed by atoms with Crippen LogP contribution in [-0.2, 0) is 6.42 Å². The maximum atomic E-state index is 12.1. The van der Waals surface area contributed by atoms with Crippen LogP contribution in [0.25, 0.3) is 0 Å². The molecule has 10 heteroatoms. The lowest BCUT2D eigenvalue weighted by Crippen LogP contribution is -2.18. The van der Waals surface area contributed by atoms with Crippen molar-refractivity contribution in [1.29, 1.82) is 5.26 Å². The molecule has 0 unspecified atom stereocenters. The van der Waals surface area contributed by atoms with Crippen molar-refractivity contribution in [2.45, 2.75) is 12.8 Å². The predicted octanol–water partition coefficient (Wildman–Crippen LogP) is 1.96. The molecule has 0 aliphatic rings. The van der Waals surface area contributed by atoms with E-state index >= 15 is 0 Å². The Labute approximate surface area is 104 Å². The Bertz CT molecular complexity index is 539. The van der Waals surface area contributed by atoms with Gasteiger partial charge < -0.3 is 9.47 Å². The zero-order valence-corrected chi connectivity index (χ0v) is 9.39. The van der Waals surface area contributed by atoms with Gasteiger partial charge in [-0.05, 0) is 0 Å². The number of alkyl halides is 3. The van der Waals surface area contributed by atoms with E-state index in [1.807, 2.05) is 0 Å². The van der Waals surface area contributed by atoms with Gasteiger partial charge >= 0.3 is 12.0 Å². The molecule has 0 saturated carbocycles. The first kappa shape index (κ1) is 14.5. The molecule has 102 valence electrons. The van der Waals surface area contributed by atoms with E-state index in [2.05, 4.69) is 14.5 Å². The first-order valence-corrected chi connectivity index (χ1v) is 4.63. The summed E-state index contributed by atoms with van der Waals surface area (Å²) in [5, 5.41) is 19.3. The lowest BCUT2D eigenvalue weighted by Gasteiger charge is -2.10. The maximum Gasteiger partial charge on any atom is 0.574 e. The lowest BCUT2D eigenvalue weighted by atomic mass is 10.2. The number of pyridine rings is 1. The quantitative estimate of drug-likeness (QED) is 0.616. The van der Waals surface area contributed by atoms with Crippen LogP contribution >= 0.6 is 0 Å². The lowest BCUT2D eigenvalue weighted by molar-refractivity contribution is -0.386. The second-order valence-corrected chi connectivity index (χ2v) is 3.10. The summed E-state index contributed by atoms with van der Waals surface area (Å²) in [6.07, 6.45) is -5.56. The molecule has 0 fully saturated rings. The summed E-state index contributed by atoms with van der Waals surface area (Å²) in [6, 6.07) is 2.19. The van der Waals surface area contributed by atoms with Crippen molar-refractivity contribution in [3.05, 3.63) is 21.9 Å². The van der Waals surface area contributed by atoms with E-state index in [0.29, 0.717) is 6.07 Å². The molecule has 0 N–H and O–H groups in total. The van der Waals surface area contributed by atoms with Crippen molar-refractivity contribution in [1.82, 2.24) is 4.98 Å². The Balaban J connectivity index is 3.36. The number of hydrogen-bond donors (Lipinski definition) is 0. The van der Waals surface area contributed by atoms with Crippen molar-refractivity contribution in [3.63, 3.8) is 0 Å². The van der Waals surface area contributed by atoms with Gasteiger partial charge in [0.1, 0.15) is 5.69 Å². The van der Waals surface area contributed by atoms with E-state index in [1.165, 1.54) is 0 Å². The fourth-order valence-electron chi connectivity index (χ4n) is 1.26. The summed E-state index contributed by atoms with van der Waals surface area (Å²) < 4.78 is 44.3. The van der Waals surface area contributed by atoms with Gasteiger partial charge in [0.05, 0.1) is 24.5 Å². The Kier molecular flexibility index (Phi) is 4.11. The van der Waals surface area contributed by atoms with E-state index in [9.17, 15) is 23.3 Å². The van der Waals surface area contributed by atoms with Gasteiger partial charge in [-0.2, -0.15) is 5.26 Å². The highest BCUT2D eigenvalue weighted by Gasteiger charge is 2.34. The van der Waals surface area contributed by atoms with Crippen LogP contribution in [0.15, 0.2) is 6.07 Å². The molecule has 1 rings (SSSR count). The monoisotopic (exact) mass is 277 g/mol. The van der Waals surface area contributed by atoms with Crippen LogP contribution in [0.4, 0.5) is 18.9 Å². The number of halogens is 3. The van der Waals surface area contributed by atoms with E-state index in [0.717, 1.165) is 7.11 Å². The number of hydrogen-bond acceptors (Lipinski definition) is 6. The molecule has 7 nitrogen and oxygen atoms in total. The van der Waals surface area contributed by atoms with Crippen LogP contribution in [0.2, 0.25) is 0 Å². The normalized spacial score (nSPS) is 10.7. The van der Waals surface area contributed by atoms with Gasteiger partial charge in [-0.1, -0.05) is 0 Å². The van der Waals surface area contributed by atoms with Crippen molar-refractivity contribution in [3.8, 4) is 17.7 Å². The van der Waals surface area contributed by atoms with Crippen molar-refractivity contribution < 1.29 is 27.6 Å². The largest absolute Gasteiger partial charge is 0.574 e. The number of aromatic nitrogens is 1. The zero-order valence-electron chi connectivity index (χ0n) is 9.39. The fraction of sp³-hybridized carbons (Fsp3) is 0.333. The standard InChI is InChI=1S/C9H6F3N3O4/c1-18-6-4-7(19-9(10,11)12)14-5(2-3-13)8(6)15(16)17/h4H,2H2,1H3. The van der Waals surface area contributed by atoms with E-state index < -0.39 is 40.7 Å². The molecule has 0 spiro atoms. The molecule has 0 aromatic carbocycles. The second-order valence-electron chi connectivity index (χ2n) is 3.10. The van der Waals surface area contributed by atoms with Gasteiger partial charge in [0.15, 0.2) is 0 Å². The summed E-state index contributed by atoms with van der Waals surface area (Å²) in [4.78, 5) is 13.2. The highest BCUT2D eigenvalue weighted by Crippen LogP contribution is 2.34. The van der Waals surface area contributed by atoms with Crippen LogP contribution in [0.3, 0.4) is 0 Å². The molecule has 0 amide bonds. The predicted molar refractivity (Wildman–Crippen MR) is 53.4 cm³/mol. The molecule has 0 aliphatic carbocycles. The average molecular weight is 277 g/mol. The summed E-state index contributed by atoms with van der Waals surface area (Å²) in [7, 11) is 1.04. The van der Waals surface area contributed by atoms with Gasteiger partial charge in [0, 0.05) is 6.07 Å². The molecule has 1 aromatic rings. The van der Waals surface area contributed by atoms with Crippen molar-refractivity contribution in [2.24, 2.45) is 0 Å². The molecule has 0 radical (unpaired) electrons. The molecule has 0 atom stereocenters. The summed E-state index contributed by atoms with van der Waals surface area (Å²) >= 11 is 0. The Hall–Kier alpha value is -2.57. The maximum absolute atomic E-state index is 12.1. The van der Waals surface area contributed by atoms with Gasteiger partial charge in [-0.3, -0.25) is 10.1 Å². The van der Waals surface area contributed by atoms with Crippen LogP contribution in [-0.4, -0.2) is 23.4 Å². The summed E-state index contributed by atoms with van der Waals surface area (Å²) in [5.41, 5.74) is -1.13. The summed E-state index contributed by atoms with van der Waals surface area (Å²) in [6.45, 7) is 0. The first-order chi connectivity index (χ1) is 8.78. The number of ether oxygens (including phenoxy) is 2. The number of nitrogens with zero attached hydrogens (tertiary/aromatic N) is 3. The van der Waals surface area contributed by atoms with Gasteiger partial charge in [-0.25, -0.2) is 4.98 Å². The fourth-order valence-corrected chi connectivity index (χ4v) is 1.26. The topological polar surface area (TPSA) is 98.3 Å². The third kappa shape index (κ3) is 3.70. The number of rotatable bonds is 4. The SMILES string of the molecule is COc1cc(OC(F)(F)F)nc(CC#N)c1[N+](=O)[O-]. The first-order valence-electron chi connectivity index (χ1n) is 4.63. The average Bonchev–Trinajstić information content (AvgIpc) is 2.25. The van der Waals surface area contributed by atoms with Crippen molar-refractivity contribution >= 4 is 5.69 Å². The minimum Gasteiger partial charge on any atom is -0.490 e. The molecule has 1 aromatic heterocycles. The molecule has 19 heavy (non-hydrogen) atoms. The Morgan fingerprint density at radius 3 is 2.63 bits per heavy atom. The van der Waals surface area contributed by atoms with Gasteiger partial charge in [-0.15, -0.1) is 13.2 Å². The number of nitro groups is 1. The van der Waals surface area contributed by atoms with E-state index in [4.69, 9.17) is 5.26 Å². The third-order valence-corrected chi connectivity index (χ3v) is 1.88. The Morgan fingerprint density at radius 1 is 1.58 bits per heavy atom. The van der Waals surface area contributed by atoms with Crippen LogP contribution in [0, 0.1) is 21.4 Å². The number of nitriles is 1. The van der Waals surface area contributed by atoms with E-state index in [-0.39, 0.29) is 0 Å². The molecule has 0 saturated heterocycles. The molecule has 1 heterocycles. The number of methoxy groups -OCH3 is 1. The van der Waals surface area contributed by atoms with Crippen LogP contribution in [0.1, 0.15) is 5.69 Å². The second kappa shape index (κ2) is 5.38. The highest BCUT2D eigenvalue weighted by molar-refractivity contribution is 5.53. The zero-order chi connectivity index (χ0) is 14.6.